The van der Waals surface area contributed by atoms with Crippen molar-refractivity contribution >= 4 is 11.8 Å². The van der Waals surface area contributed by atoms with Gasteiger partial charge in [-0.05, 0) is 51.8 Å². The van der Waals surface area contributed by atoms with E-state index in [0.717, 1.165) is 25.4 Å². The molecular weight excluding hydrogens is 342 g/mol. The van der Waals surface area contributed by atoms with Crippen molar-refractivity contribution in [3.63, 3.8) is 0 Å². The quantitative estimate of drug-likeness (QED) is 0.718. The van der Waals surface area contributed by atoms with Gasteiger partial charge in [0.2, 0.25) is 5.91 Å². The molecule has 1 N–H and O–H groups in total. The van der Waals surface area contributed by atoms with Crippen molar-refractivity contribution in [3.8, 4) is 0 Å². The van der Waals surface area contributed by atoms with E-state index in [1.807, 2.05) is 6.92 Å². The SMILES string of the molecule is Cc1cc(C(=O)N(CCC(=O)NCCN2CCCCC2)CC(C)C)c(C)o1. The van der Waals surface area contributed by atoms with Gasteiger partial charge in [0.25, 0.3) is 5.91 Å². The van der Waals surface area contributed by atoms with E-state index in [0.29, 0.717) is 43.3 Å². The van der Waals surface area contributed by atoms with Crippen LogP contribution in [0, 0.1) is 19.8 Å². The van der Waals surface area contributed by atoms with Crippen molar-refractivity contribution in [2.75, 3.05) is 39.3 Å². The summed E-state index contributed by atoms with van der Waals surface area (Å²) in [7, 11) is 0. The first-order chi connectivity index (χ1) is 12.9. The largest absolute Gasteiger partial charge is 0.466 e. The predicted molar refractivity (Wildman–Crippen MR) is 107 cm³/mol. The summed E-state index contributed by atoms with van der Waals surface area (Å²) in [6.45, 7) is 12.7. The molecule has 27 heavy (non-hydrogen) atoms. The first-order valence-corrected chi connectivity index (χ1v) is 10.2. The molecule has 2 amide bonds. The Morgan fingerprint density at radius 2 is 1.93 bits per heavy atom. The smallest absolute Gasteiger partial charge is 0.257 e. The monoisotopic (exact) mass is 377 g/mol. The summed E-state index contributed by atoms with van der Waals surface area (Å²) in [5.41, 5.74) is 0.596. The van der Waals surface area contributed by atoms with E-state index in [4.69, 9.17) is 4.42 Å². The van der Waals surface area contributed by atoms with E-state index < -0.39 is 0 Å². The molecule has 0 unspecified atom stereocenters. The minimum Gasteiger partial charge on any atom is -0.466 e. The summed E-state index contributed by atoms with van der Waals surface area (Å²) in [6, 6.07) is 1.78. The third kappa shape index (κ3) is 7.01. The van der Waals surface area contributed by atoms with Gasteiger partial charge in [-0.1, -0.05) is 20.3 Å². The van der Waals surface area contributed by atoms with Crippen LogP contribution in [0.15, 0.2) is 10.5 Å². The number of carbonyl (C=O) groups is 2. The van der Waals surface area contributed by atoms with Crippen LogP contribution in [0.3, 0.4) is 0 Å². The molecule has 0 saturated carbocycles. The summed E-state index contributed by atoms with van der Waals surface area (Å²) in [5, 5.41) is 3.00. The highest BCUT2D eigenvalue weighted by atomic mass is 16.3. The molecule has 6 nitrogen and oxygen atoms in total. The number of rotatable bonds is 9. The molecule has 0 aliphatic carbocycles. The molecule has 0 aromatic carbocycles. The van der Waals surface area contributed by atoms with Crippen molar-refractivity contribution in [2.24, 2.45) is 5.92 Å². The van der Waals surface area contributed by atoms with Gasteiger partial charge in [-0.15, -0.1) is 0 Å². The molecule has 152 valence electrons. The summed E-state index contributed by atoms with van der Waals surface area (Å²) in [6.07, 6.45) is 4.16. The second kappa shape index (κ2) is 10.5. The van der Waals surface area contributed by atoms with Crippen molar-refractivity contribution < 1.29 is 14.0 Å². The number of hydrogen-bond acceptors (Lipinski definition) is 4. The fraction of sp³-hybridized carbons (Fsp3) is 0.714. The molecule has 2 heterocycles. The van der Waals surface area contributed by atoms with Crippen molar-refractivity contribution in [1.82, 2.24) is 15.1 Å². The molecule has 0 spiro atoms. The van der Waals surface area contributed by atoms with Gasteiger partial charge in [0.05, 0.1) is 5.56 Å². The second-order valence-corrected chi connectivity index (χ2v) is 7.97. The number of nitrogens with zero attached hydrogens (tertiary/aromatic N) is 2. The standard InChI is InChI=1S/C21H35N3O3/c1-16(2)15-24(21(26)19-14-17(3)27-18(19)4)12-8-20(25)22-9-13-23-10-6-5-7-11-23/h14,16H,5-13,15H2,1-4H3,(H,22,25). The van der Waals surface area contributed by atoms with E-state index >= 15 is 0 Å². The topological polar surface area (TPSA) is 65.8 Å². The Morgan fingerprint density at radius 1 is 1.22 bits per heavy atom. The predicted octanol–water partition coefficient (Wildman–Crippen LogP) is 2.99. The van der Waals surface area contributed by atoms with E-state index in [9.17, 15) is 9.59 Å². The number of carbonyl (C=O) groups excluding carboxylic acids is 2. The lowest BCUT2D eigenvalue weighted by molar-refractivity contribution is -0.121. The number of hydrogen-bond donors (Lipinski definition) is 1. The van der Waals surface area contributed by atoms with Crippen molar-refractivity contribution in [2.45, 2.75) is 53.4 Å². The maximum atomic E-state index is 12.9. The van der Waals surface area contributed by atoms with Crippen molar-refractivity contribution in [3.05, 3.63) is 23.2 Å². The first kappa shape index (κ1) is 21.5. The summed E-state index contributed by atoms with van der Waals surface area (Å²) in [4.78, 5) is 29.3. The van der Waals surface area contributed by atoms with Crippen LogP contribution in [-0.4, -0.2) is 60.9 Å². The zero-order valence-electron chi connectivity index (χ0n) is 17.3. The first-order valence-electron chi connectivity index (χ1n) is 10.2. The normalized spacial score (nSPS) is 15.1. The summed E-state index contributed by atoms with van der Waals surface area (Å²) >= 11 is 0. The Balaban J connectivity index is 1.81. The van der Waals surface area contributed by atoms with Crippen LogP contribution < -0.4 is 5.32 Å². The highest BCUT2D eigenvalue weighted by Crippen LogP contribution is 2.17. The lowest BCUT2D eigenvalue weighted by Gasteiger charge is -2.26. The van der Waals surface area contributed by atoms with Gasteiger partial charge in [0.1, 0.15) is 11.5 Å². The fourth-order valence-corrected chi connectivity index (χ4v) is 3.59. The van der Waals surface area contributed by atoms with E-state index in [-0.39, 0.29) is 11.8 Å². The second-order valence-electron chi connectivity index (χ2n) is 7.97. The van der Waals surface area contributed by atoms with Crippen LogP contribution in [0.5, 0.6) is 0 Å². The average molecular weight is 378 g/mol. The highest BCUT2D eigenvalue weighted by Gasteiger charge is 2.22. The molecule has 0 radical (unpaired) electrons. The van der Waals surface area contributed by atoms with E-state index in [1.54, 1.807) is 17.9 Å². The Morgan fingerprint density at radius 3 is 2.52 bits per heavy atom. The van der Waals surface area contributed by atoms with Crippen molar-refractivity contribution in [1.29, 1.82) is 0 Å². The maximum absolute atomic E-state index is 12.9. The number of likely N-dealkylation sites (tertiary alicyclic amines) is 1. The maximum Gasteiger partial charge on any atom is 0.257 e. The molecule has 1 aromatic heterocycles. The number of aryl methyl sites for hydroxylation is 2. The third-order valence-corrected chi connectivity index (χ3v) is 4.95. The molecule has 0 bridgehead atoms. The minimum absolute atomic E-state index is 0.00802. The molecule has 6 heteroatoms. The van der Waals surface area contributed by atoms with Gasteiger partial charge in [-0.25, -0.2) is 0 Å². The Bertz CT molecular complexity index is 618. The van der Waals surface area contributed by atoms with Crippen LogP contribution in [0.2, 0.25) is 0 Å². The molecule has 1 saturated heterocycles. The lowest BCUT2D eigenvalue weighted by atomic mass is 10.1. The fourth-order valence-electron chi connectivity index (χ4n) is 3.59. The van der Waals surface area contributed by atoms with Gasteiger partial charge in [-0.2, -0.15) is 0 Å². The van der Waals surface area contributed by atoms with Gasteiger partial charge in [-0.3, -0.25) is 9.59 Å². The van der Waals surface area contributed by atoms with Gasteiger partial charge in [0.15, 0.2) is 0 Å². The Kier molecular flexibility index (Phi) is 8.35. The van der Waals surface area contributed by atoms with Crippen LogP contribution >= 0.6 is 0 Å². The molecule has 1 fully saturated rings. The average Bonchev–Trinajstić information content (AvgIpc) is 2.97. The number of amides is 2. The molecule has 1 aliphatic rings. The number of piperidine rings is 1. The van der Waals surface area contributed by atoms with E-state index in [1.165, 1.54) is 19.3 Å². The zero-order chi connectivity index (χ0) is 19.8. The number of nitrogens with one attached hydrogen (secondary N) is 1. The van der Waals surface area contributed by atoms with Gasteiger partial charge < -0.3 is 19.5 Å². The summed E-state index contributed by atoms with van der Waals surface area (Å²) < 4.78 is 5.50. The molecule has 0 atom stereocenters. The minimum atomic E-state index is -0.0563. The van der Waals surface area contributed by atoms with Gasteiger partial charge in [0, 0.05) is 32.6 Å². The Hall–Kier alpha value is -1.82. The zero-order valence-corrected chi connectivity index (χ0v) is 17.3. The Labute approximate surface area is 163 Å². The molecule has 1 aliphatic heterocycles. The van der Waals surface area contributed by atoms with Crippen LogP contribution in [0.1, 0.15) is 61.4 Å². The van der Waals surface area contributed by atoms with Crippen LogP contribution in [0.25, 0.3) is 0 Å². The van der Waals surface area contributed by atoms with Crippen LogP contribution in [0.4, 0.5) is 0 Å². The number of furan rings is 1. The molecule has 2 rings (SSSR count). The highest BCUT2D eigenvalue weighted by molar-refractivity contribution is 5.95. The summed E-state index contributed by atoms with van der Waals surface area (Å²) in [5.74, 6) is 1.66. The van der Waals surface area contributed by atoms with Gasteiger partial charge >= 0.3 is 0 Å². The molecular formula is C21H35N3O3. The van der Waals surface area contributed by atoms with Crippen LogP contribution in [-0.2, 0) is 4.79 Å². The van der Waals surface area contributed by atoms with E-state index in [2.05, 4.69) is 24.1 Å². The molecule has 1 aromatic rings. The third-order valence-electron chi connectivity index (χ3n) is 4.95. The lowest BCUT2D eigenvalue weighted by Crippen LogP contribution is -2.40.